The number of aromatic hydroxyl groups is 2. The summed E-state index contributed by atoms with van der Waals surface area (Å²) in [4.78, 5) is 51.9. The van der Waals surface area contributed by atoms with Crippen LogP contribution in [0.3, 0.4) is 0 Å². The number of methoxy groups -OCH3 is 1. The van der Waals surface area contributed by atoms with E-state index in [0.717, 1.165) is 0 Å². The number of hydrogen-bond donors (Lipinski definition) is 6. The van der Waals surface area contributed by atoms with Crippen molar-refractivity contribution in [3.8, 4) is 17.2 Å². The summed E-state index contributed by atoms with van der Waals surface area (Å²) in [5.41, 5.74) is 1.99. The lowest BCUT2D eigenvalue weighted by molar-refractivity contribution is -0.247. The van der Waals surface area contributed by atoms with Gasteiger partial charge < -0.3 is 50.2 Å². The van der Waals surface area contributed by atoms with Crippen LogP contribution in [0.1, 0.15) is 68.8 Å². The number of phenols is 2. The van der Waals surface area contributed by atoms with Crippen LogP contribution in [0.15, 0.2) is 18.2 Å². The Hall–Kier alpha value is -3.92. The zero-order valence-electron chi connectivity index (χ0n) is 23.2. The summed E-state index contributed by atoms with van der Waals surface area (Å²) >= 11 is 0. The van der Waals surface area contributed by atoms with Crippen LogP contribution in [0.5, 0.6) is 17.2 Å². The average Bonchev–Trinajstić information content (AvgIpc) is 2.98. The number of ether oxygens (including phenoxy) is 4. The number of nitrogens with two attached hydrogens (primary N) is 1. The van der Waals surface area contributed by atoms with Crippen LogP contribution in [0, 0.1) is 0 Å². The van der Waals surface area contributed by atoms with E-state index in [4.69, 9.17) is 29.8 Å². The fourth-order valence-electron chi connectivity index (χ4n) is 5.93. The van der Waals surface area contributed by atoms with E-state index < -0.39 is 108 Å². The molecule has 6 atom stereocenters. The first-order chi connectivity index (χ1) is 20.3. The summed E-state index contributed by atoms with van der Waals surface area (Å²) in [6.07, 6.45) is -5.58. The molecule has 14 nitrogen and oxygen atoms in total. The lowest BCUT2D eigenvalue weighted by Crippen LogP contribution is -2.53. The molecule has 1 saturated heterocycles. The third-order valence-corrected chi connectivity index (χ3v) is 8.16. The Morgan fingerprint density at radius 1 is 1.12 bits per heavy atom. The molecule has 0 aromatic heterocycles. The molecule has 2 aromatic rings. The number of aliphatic hydroxyl groups is 3. The van der Waals surface area contributed by atoms with Crippen molar-refractivity contribution < 1.29 is 63.7 Å². The lowest BCUT2D eigenvalue weighted by atomic mass is 9.72. The van der Waals surface area contributed by atoms with Crippen LogP contribution in [0.4, 0.5) is 0 Å². The molecule has 0 saturated carbocycles. The maximum Gasteiger partial charge on any atom is 0.332 e. The Balaban J connectivity index is 1.64. The summed E-state index contributed by atoms with van der Waals surface area (Å²) in [5, 5.41) is 53.7. The van der Waals surface area contributed by atoms with Gasteiger partial charge in [0.25, 0.3) is 0 Å². The van der Waals surface area contributed by atoms with Crippen LogP contribution in [0.25, 0.3) is 0 Å². The lowest BCUT2D eigenvalue weighted by Gasteiger charge is -2.42. The standard InChI is InChI=1S/C29H31NO13/c1-11-24(34)14(30)6-19(42-11)43-16-8-29(39,17(32)10-41-18(33)9-31)7-13-21(16)28(38)23-22(26(13)36)25(35)12-4-3-5-15(40-2)20(12)27(23)37/h3-5,11,14,16,19,24,31,34,36,38-39H,6-10,30H2,1-2H3. The summed E-state index contributed by atoms with van der Waals surface area (Å²) in [6.45, 7) is -0.389. The number of fused-ring (bicyclic) bond motifs is 3. The van der Waals surface area contributed by atoms with Gasteiger partial charge >= 0.3 is 5.97 Å². The van der Waals surface area contributed by atoms with Crippen molar-refractivity contribution in [2.75, 3.05) is 20.3 Å². The van der Waals surface area contributed by atoms with E-state index in [0.29, 0.717) is 0 Å². The molecule has 43 heavy (non-hydrogen) atoms. The van der Waals surface area contributed by atoms with Gasteiger partial charge in [-0.3, -0.25) is 14.4 Å². The van der Waals surface area contributed by atoms with Gasteiger partial charge in [0.2, 0.25) is 11.6 Å². The molecular weight excluding hydrogens is 570 g/mol. The number of esters is 1. The average molecular weight is 602 g/mol. The SMILES string of the molecule is COc1cccc2c1C(=O)c1c(O)c3c(c(O)c1C2=O)CC(O)(C(=O)COC(=O)CO)CC3OC1CC(N)C(O)C(C)O1. The van der Waals surface area contributed by atoms with E-state index in [1.165, 1.54) is 25.3 Å². The predicted molar refractivity (Wildman–Crippen MR) is 143 cm³/mol. The second-order valence-electron chi connectivity index (χ2n) is 10.8. The molecule has 230 valence electrons. The number of aliphatic hydroxyl groups excluding tert-OH is 2. The molecule has 0 spiro atoms. The highest BCUT2D eigenvalue weighted by Crippen LogP contribution is 2.52. The number of carbonyl (C=O) groups excluding carboxylic acids is 4. The first-order valence-electron chi connectivity index (χ1n) is 13.5. The summed E-state index contributed by atoms with van der Waals surface area (Å²) in [6, 6.07) is 3.52. The van der Waals surface area contributed by atoms with Crippen molar-refractivity contribution in [2.45, 2.75) is 62.4 Å². The van der Waals surface area contributed by atoms with Crippen LogP contribution in [-0.4, -0.2) is 99.3 Å². The quantitative estimate of drug-likeness (QED) is 0.149. The van der Waals surface area contributed by atoms with Crippen molar-refractivity contribution in [2.24, 2.45) is 5.73 Å². The van der Waals surface area contributed by atoms with Crippen molar-refractivity contribution in [1.29, 1.82) is 0 Å². The number of hydrogen-bond acceptors (Lipinski definition) is 14. The maximum absolute atomic E-state index is 13.7. The number of ketones is 3. The molecule has 2 aliphatic carbocycles. The predicted octanol–water partition coefficient (Wildman–Crippen LogP) is -0.455. The highest BCUT2D eigenvalue weighted by molar-refractivity contribution is 6.31. The molecule has 1 fully saturated rings. The molecule has 0 bridgehead atoms. The molecule has 5 rings (SSSR count). The van der Waals surface area contributed by atoms with Gasteiger partial charge in [-0.25, -0.2) is 4.79 Å². The molecule has 3 aliphatic rings. The minimum atomic E-state index is -2.36. The van der Waals surface area contributed by atoms with E-state index in [2.05, 4.69) is 0 Å². The Labute approximate surface area is 244 Å². The van der Waals surface area contributed by atoms with E-state index in [-0.39, 0.29) is 34.4 Å². The Kier molecular flexibility index (Phi) is 8.02. The second-order valence-corrected chi connectivity index (χ2v) is 10.8. The van der Waals surface area contributed by atoms with Gasteiger partial charge in [0.1, 0.15) is 29.5 Å². The highest BCUT2D eigenvalue weighted by Gasteiger charge is 2.50. The Bertz CT molecular complexity index is 1510. The van der Waals surface area contributed by atoms with Gasteiger partial charge in [-0.2, -0.15) is 0 Å². The van der Waals surface area contributed by atoms with Crippen LogP contribution in [-0.2, 0) is 30.2 Å². The summed E-state index contributed by atoms with van der Waals surface area (Å²) < 4.78 is 21.7. The third-order valence-electron chi connectivity index (χ3n) is 8.16. The van der Waals surface area contributed by atoms with Gasteiger partial charge in [-0.15, -0.1) is 0 Å². The van der Waals surface area contributed by atoms with Gasteiger partial charge in [0.05, 0.1) is 42.1 Å². The number of Topliss-reactive ketones (excluding diaryl/α,β-unsaturated/α-hetero) is 1. The number of rotatable bonds is 7. The number of carbonyl (C=O) groups is 4. The van der Waals surface area contributed by atoms with Crippen LogP contribution < -0.4 is 10.5 Å². The highest BCUT2D eigenvalue weighted by atomic mass is 16.7. The number of phenolic OH excluding ortho intramolecular Hbond substituents is 2. The fraction of sp³-hybridized carbons (Fsp3) is 0.448. The van der Waals surface area contributed by atoms with Gasteiger partial charge in [-0.1, -0.05) is 12.1 Å². The normalized spacial score (nSPS) is 28.0. The molecule has 0 radical (unpaired) electrons. The molecule has 0 amide bonds. The zero-order chi connectivity index (χ0) is 31.4. The first kappa shape index (κ1) is 30.5. The third kappa shape index (κ3) is 5.05. The monoisotopic (exact) mass is 601 g/mol. The molecule has 1 heterocycles. The van der Waals surface area contributed by atoms with Crippen LogP contribution >= 0.6 is 0 Å². The van der Waals surface area contributed by atoms with Gasteiger partial charge in [0.15, 0.2) is 18.7 Å². The molecular formula is C29H31NO13. The molecule has 7 N–H and O–H groups in total. The van der Waals surface area contributed by atoms with E-state index >= 15 is 0 Å². The zero-order valence-corrected chi connectivity index (χ0v) is 23.2. The molecule has 6 unspecified atom stereocenters. The first-order valence-corrected chi connectivity index (χ1v) is 13.5. The van der Waals surface area contributed by atoms with E-state index in [1.54, 1.807) is 6.92 Å². The summed E-state index contributed by atoms with van der Waals surface area (Å²) in [5.74, 6) is -5.15. The van der Waals surface area contributed by atoms with E-state index in [1.807, 2.05) is 0 Å². The van der Waals surface area contributed by atoms with Crippen LogP contribution in [0.2, 0.25) is 0 Å². The summed E-state index contributed by atoms with van der Waals surface area (Å²) in [7, 11) is 1.31. The maximum atomic E-state index is 13.7. The molecule has 14 heteroatoms. The van der Waals surface area contributed by atoms with E-state index in [9.17, 15) is 39.6 Å². The van der Waals surface area contributed by atoms with Crippen molar-refractivity contribution >= 4 is 23.3 Å². The minimum absolute atomic E-state index is 0.0303. The van der Waals surface area contributed by atoms with Gasteiger partial charge in [-0.05, 0) is 13.0 Å². The van der Waals surface area contributed by atoms with Crippen molar-refractivity contribution in [3.05, 3.63) is 51.6 Å². The topological polar surface area (TPSA) is 232 Å². The van der Waals surface area contributed by atoms with Gasteiger partial charge in [0, 0.05) is 42.0 Å². The van der Waals surface area contributed by atoms with Crippen molar-refractivity contribution in [3.63, 3.8) is 0 Å². The molecule has 1 aliphatic heterocycles. The van der Waals surface area contributed by atoms with Crippen molar-refractivity contribution in [1.82, 2.24) is 0 Å². The fourth-order valence-corrected chi connectivity index (χ4v) is 5.93. The largest absolute Gasteiger partial charge is 0.507 e. The smallest absolute Gasteiger partial charge is 0.332 e. The second kappa shape index (κ2) is 11.3. The number of benzene rings is 2. The minimum Gasteiger partial charge on any atom is -0.507 e. The Morgan fingerprint density at radius 2 is 1.81 bits per heavy atom. The Morgan fingerprint density at radius 3 is 2.47 bits per heavy atom. The molecule has 2 aromatic carbocycles.